The Balaban J connectivity index is 2.41. The lowest BCUT2D eigenvalue weighted by Gasteiger charge is -2.31. The minimum atomic E-state index is -3.80. The topological polar surface area (TPSA) is 86.8 Å². The molecule has 0 bridgehead atoms. The monoisotopic (exact) mass is 605 g/mol. The minimum Gasteiger partial charge on any atom is -0.354 e. The lowest BCUT2D eigenvalue weighted by molar-refractivity contribution is -0.139. The lowest BCUT2D eigenvalue weighted by Crippen LogP contribution is -2.51. The highest BCUT2D eigenvalue weighted by Crippen LogP contribution is 2.26. The van der Waals surface area contributed by atoms with Crippen LogP contribution in [0.5, 0.6) is 0 Å². The van der Waals surface area contributed by atoms with Gasteiger partial charge in [0.05, 0.1) is 22.0 Å². The molecule has 0 saturated carbocycles. The number of anilines is 1. The number of rotatable bonds is 10. The molecular formula is C24H30BrCl2N3O4S. The number of carbonyl (C=O) groups is 2. The van der Waals surface area contributed by atoms with E-state index >= 15 is 0 Å². The van der Waals surface area contributed by atoms with E-state index in [0.29, 0.717) is 27.8 Å². The number of nitrogens with zero attached hydrogens (tertiary/aromatic N) is 2. The van der Waals surface area contributed by atoms with Crippen LogP contribution in [0, 0.1) is 12.8 Å². The van der Waals surface area contributed by atoms with Crippen LogP contribution in [0.2, 0.25) is 10.0 Å². The molecular weight excluding hydrogens is 577 g/mol. The van der Waals surface area contributed by atoms with Crippen molar-refractivity contribution in [1.29, 1.82) is 0 Å². The van der Waals surface area contributed by atoms with E-state index in [1.54, 1.807) is 43.3 Å². The summed E-state index contributed by atoms with van der Waals surface area (Å²) in [4.78, 5) is 27.7. The molecule has 2 aromatic rings. The molecule has 0 aliphatic heterocycles. The van der Waals surface area contributed by atoms with Crippen LogP contribution in [0.1, 0.15) is 31.9 Å². The molecule has 0 aromatic heterocycles. The highest BCUT2D eigenvalue weighted by Gasteiger charge is 2.30. The molecule has 2 amide bonds. The molecule has 0 aliphatic carbocycles. The van der Waals surface area contributed by atoms with Gasteiger partial charge < -0.3 is 10.2 Å². The largest absolute Gasteiger partial charge is 0.354 e. The van der Waals surface area contributed by atoms with Crippen molar-refractivity contribution in [3.05, 3.63) is 62.0 Å². The van der Waals surface area contributed by atoms with Crippen molar-refractivity contribution < 1.29 is 18.0 Å². The van der Waals surface area contributed by atoms with Crippen LogP contribution >= 0.6 is 39.1 Å². The van der Waals surface area contributed by atoms with Crippen LogP contribution in [-0.2, 0) is 26.2 Å². The van der Waals surface area contributed by atoms with Crippen LogP contribution in [0.25, 0.3) is 0 Å². The zero-order valence-electron chi connectivity index (χ0n) is 20.3. The summed E-state index contributed by atoms with van der Waals surface area (Å²) < 4.78 is 27.1. The zero-order valence-corrected chi connectivity index (χ0v) is 24.2. The highest BCUT2D eigenvalue weighted by atomic mass is 79.9. The lowest BCUT2D eigenvalue weighted by atomic mass is 10.1. The molecule has 1 N–H and O–H groups in total. The van der Waals surface area contributed by atoms with E-state index in [1.165, 1.54) is 4.90 Å². The second-order valence-electron chi connectivity index (χ2n) is 8.79. The molecule has 0 aliphatic rings. The van der Waals surface area contributed by atoms with E-state index < -0.39 is 28.5 Å². The Bertz CT molecular complexity index is 1190. The maximum absolute atomic E-state index is 13.5. The fraction of sp³-hybridized carbons (Fsp3) is 0.417. The van der Waals surface area contributed by atoms with Gasteiger partial charge in [0.15, 0.2) is 0 Å². The van der Waals surface area contributed by atoms with Gasteiger partial charge in [-0.25, -0.2) is 8.42 Å². The number of sulfonamides is 1. The Kier molecular flexibility index (Phi) is 10.4. The van der Waals surface area contributed by atoms with E-state index in [-0.39, 0.29) is 18.4 Å². The number of hydrogen-bond donors (Lipinski definition) is 1. The number of nitrogens with one attached hydrogen (secondary N) is 1. The fourth-order valence-electron chi connectivity index (χ4n) is 3.27. The third-order valence-electron chi connectivity index (χ3n) is 5.30. The van der Waals surface area contributed by atoms with Gasteiger partial charge in [-0.05, 0) is 61.2 Å². The maximum atomic E-state index is 13.5. The summed E-state index contributed by atoms with van der Waals surface area (Å²) in [6.45, 7) is 7.40. The molecule has 0 radical (unpaired) electrons. The highest BCUT2D eigenvalue weighted by molar-refractivity contribution is 9.10. The van der Waals surface area contributed by atoms with Gasteiger partial charge in [0, 0.05) is 17.6 Å². The van der Waals surface area contributed by atoms with Crippen molar-refractivity contribution in [1.82, 2.24) is 10.2 Å². The first-order valence-electron chi connectivity index (χ1n) is 11.0. The van der Waals surface area contributed by atoms with Gasteiger partial charge >= 0.3 is 0 Å². The van der Waals surface area contributed by atoms with Gasteiger partial charge in [-0.3, -0.25) is 13.9 Å². The standard InChI is InChI=1S/C24H30BrCl2N3O4S/c1-15(2)12-28-24(32)17(4)29(13-18-6-9-21(26)22(27)11-18)23(31)14-30(35(5,33)34)19-7-8-20(25)16(3)10-19/h6-11,15,17H,12-14H2,1-5H3,(H,28,32)/t17-/m0/s1. The molecule has 0 saturated heterocycles. The zero-order chi connectivity index (χ0) is 26.5. The summed E-state index contributed by atoms with van der Waals surface area (Å²) in [5.74, 6) is -0.640. The van der Waals surface area contributed by atoms with Crippen LogP contribution in [0.3, 0.4) is 0 Å². The molecule has 1 atom stereocenters. The molecule has 2 rings (SSSR count). The molecule has 0 unspecified atom stereocenters. The van der Waals surface area contributed by atoms with E-state index in [0.717, 1.165) is 20.6 Å². The van der Waals surface area contributed by atoms with Gasteiger partial charge in [0.1, 0.15) is 12.6 Å². The van der Waals surface area contributed by atoms with Gasteiger partial charge in [0.25, 0.3) is 0 Å². The molecule has 35 heavy (non-hydrogen) atoms. The summed E-state index contributed by atoms with van der Waals surface area (Å²) in [6.07, 6.45) is 1.04. The summed E-state index contributed by atoms with van der Waals surface area (Å²) in [5, 5.41) is 3.52. The van der Waals surface area contributed by atoms with Crippen molar-refractivity contribution in [3.63, 3.8) is 0 Å². The molecule has 2 aromatic carbocycles. The van der Waals surface area contributed by atoms with Crippen LogP contribution in [0.15, 0.2) is 40.9 Å². The molecule has 0 fully saturated rings. The smallest absolute Gasteiger partial charge is 0.244 e. The molecule has 11 heteroatoms. The normalized spacial score (nSPS) is 12.4. The van der Waals surface area contributed by atoms with E-state index in [4.69, 9.17) is 23.2 Å². The van der Waals surface area contributed by atoms with E-state index in [1.807, 2.05) is 20.8 Å². The van der Waals surface area contributed by atoms with Crippen molar-refractivity contribution in [2.45, 2.75) is 40.3 Å². The number of halogens is 3. The van der Waals surface area contributed by atoms with Gasteiger partial charge in [-0.15, -0.1) is 0 Å². The number of benzene rings is 2. The number of hydrogen-bond acceptors (Lipinski definition) is 4. The molecule has 0 heterocycles. The Morgan fingerprint density at radius 1 is 1.06 bits per heavy atom. The predicted molar refractivity (Wildman–Crippen MR) is 145 cm³/mol. The minimum absolute atomic E-state index is 0.0446. The Morgan fingerprint density at radius 3 is 2.26 bits per heavy atom. The van der Waals surface area contributed by atoms with Crippen molar-refractivity contribution in [3.8, 4) is 0 Å². The average molecular weight is 607 g/mol. The first-order valence-corrected chi connectivity index (χ1v) is 14.4. The Labute approximate surface area is 225 Å². The summed E-state index contributed by atoms with van der Waals surface area (Å²) in [7, 11) is -3.80. The first-order chi connectivity index (χ1) is 16.2. The second-order valence-corrected chi connectivity index (χ2v) is 12.4. The SMILES string of the molecule is Cc1cc(N(CC(=O)N(Cc2ccc(Cl)c(Cl)c2)[C@@H](C)C(=O)NCC(C)C)S(C)(=O)=O)ccc1Br. The number of carbonyl (C=O) groups excluding carboxylic acids is 2. The Hall–Kier alpha value is -1.81. The van der Waals surface area contributed by atoms with Crippen LogP contribution in [0.4, 0.5) is 5.69 Å². The maximum Gasteiger partial charge on any atom is 0.244 e. The predicted octanol–water partition coefficient (Wildman–Crippen LogP) is 5.02. The van der Waals surface area contributed by atoms with Crippen molar-refractivity contribution in [2.24, 2.45) is 5.92 Å². The molecule has 192 valence electrons. The summed E-state index contributed by atoms with van der Waals surface area (Å²) >= 11 is 15.6. The average Bonchev–Trinajstić information content (AvgIpc) is 2.77. The van der Waals surface area contributed by atoms with Crippen molar-refractivity contribution >= 4 is 66.7 Å². The third kappa shape index (κ3) is 8.37. The first kappa shape index (κ1) is 29.4. The fourth-order valence-corrected chi connectivity index (χ4v) is 4.68. The molecule has 7 nitrogen and oxygen atoms in total. The quantitative estimate of drug-likeness (QED) is 0.411. The van der Waals surface area contributed by atoms with Crippen LogP contribution in [-0.4, -0.2) is 50.5 Å². The van der Waals surface area contributed by atoms with E-state index in [2.05, 4.69) is 21.2 Å². The number of aryl methyl sites for hydroxylation is 1. The van der Waals surface area contributed by atoms with Gasteiger partial charge in [0.2, 0.25) is 21.8 Å². The Morgan fingerprint density at radius 2 is 1.71 bits per heavy atom. The van der Waals surface area contributed by atoms with Gasteiger partial charge in [-0.2, -0.15) is 0 Å². The van der Waals surface area contributed by atoms with Crippen LogP contribution < -0.4 is 9.62 Å². The van der Waals surface area contributed by atoms with Crippen molar-refractivity contribution in [2.75, 3.05) is 23.7 Å². The summed E-state index contributed by atoms with van der Waals surface area (Å²) in [5.41, 5.74) is 1.83. The number of amides is 2. The van der Waals surface area contributed by atoms with E-state index in [9.17, 15) is 18.0 Å². The molecule has 0 spiro atoms. The second kappa shape index (κ2) is 12.4. The third-order valence-corrected chi connectivity index (χ3v) is 8.07. The van der Waals surface area contributed by atoms with Gasteiger partial charge in [-0.1, -0.05) is 59.0 Å². The summed E-state index contributed by atoms with van der Waals surface area (Å²) in [6, 6.07) is 9.11.